The molecule has 0 radical (unpaired) electrons. The Bertz CT molecular complexity index is 780. The molecule has 2 heterocycles. The van der Waals surface area contributed by atoms with Crippen LogP contribution in [0.15, 0.2) is 32.9 Å². The van der Waals surface area contributed by atoms with Crippen LogP contribution in [0.3, 0.4) is 0 Å². The molecule has 1 aliphatic rings. The Kier molecular flexibility index (Phi) is 5.31. The van der Waals surface area contributed by atoms with Crippen LogP contribution in [0.25, 0.3) is 11.4 Å². The number of ether oxygens (including phenoxy) is 1. The van der Waals surface area contributed by atoms with Gasteiger partial charge in [-0.2, -0.15) is 10.1 Å². The van der Waals surface area contributed by atoms with E-state index >= 15 is 0 Å². The van der Waals surface area contributed by atoms with Gasteiger partial charge in [0.05, 0.1) is 31.5 Å². The molecule has 1 fully saturated rings. The summed E-state index contributed by atoms with van der Waals surface area (Å²) in [6, 6.07) is 4.38. The summed E-state index contributed by atoms with van der Waals surface area (Å²) in [6.07, 6.45) is 1.40. The molecule has 2 aromatic rings. The van der Waals surface area contributed by atoms with Gasteiger partial charge >= 0.3 is 0 Å². The number of guanidine groups is 1. The van der Waals surface area contributed by atoms with E-state index < -0.39 is 5.82 Å². The molecule has 1 aromatic carbocycles. The lowest BCUT2D eigenvalue weighted by molar-refractivity contribution is 0.0297. The SMILES string of the molecule is NC(N)=NN=Cc1ccc(F)c(-c2noc(CN3CCOCC3)n2)c1. The van der Waals surface area contributed by atoms with E-state index in [1.807, 2.05) is 0 Å². The second kappa shape index (κ2) is 7.81. The van der Waals surface area contributed by atoms with Crippen LogP contribution in [0.4, 0.5) is 4.39 Å². The molecule has 0 bridgehead atoms. The zero-order valence-electron chi connectivity index (χ0n) is 13.4. The molecule has 132 valence electrons. The topological polar surface area (TPSA) is 128 Å². The standard InChI is InChI=1S/C15H18FN7O2/c16-12-2-1-10(8-19-21-15(17)18)7-11(12)14-20-13(25-22-14)9-23-3-5-24-6-4-23/h1-2,7-8H,3-6,9H2,(H4,17,18,21). The van der Waals surface area contributed by atoms with Gasteiger partial charge in [-0.05, 0) is 17.7 Å². The van der Waals surface area contributed by atoms with Crippen molar-refractivity contribution in [1.29, 1.82) is 0 Å². The monoisotopic (exact) mass is 347 g/mol. The van der Waals surface area contributed by atoms with Crippen molar-refractivity contribution >= 4 is 12.2 Å². The number of hydrogen-bond acceptors (Lipinski definition) is 7. The van der Waals surface area contributed by atoms with Crippen molar-refractivity contribution in [2.75, 3.05) is 26.3 Å². The lowest BCUT2D eigenvalue weighted by Gasteiger charge is -2.24. The molecule has 0 unspecified atom stereocenters. The van der Waals surface area contributed by atoms with E-state index in [4.69, 9.17) is 20.7 Å². The minimum Gasteiger partial charge on any atom is -0.379 e. The Labute approximate surface area is 143 Å². The molecule has 0 atom stereocenters. The Morgan fingerprint density at radius 1 is 1.32 bits per heavy atom. The van der Waals surface area contributed by atoms with Gasteiger partial charge in [-0.3, -0.25) is 4.90 Å². The summed E-state index contributed by atoms with van der Waals surface area (Å²) >= 11 is 0. The average molecular weight is 347 g/mol. The smallest absolute Gasteiger partial charge is 0.241 e. The van der Waals surface area contributed by atoms with Gasteiger partial charge in [-0.25, -0.2) is 4.39 Å². The van der Waals surface area contributed by atoms with Gasteiger partial charge in [0.1, 0.15) is 5.82 Å². The molecule has 25 heavy (non-hydrogen) atoms. The van der Waals surface area contributed by atoms with Crippen molar-refractivity contribution in [2.45, 2.75) is 6.54 Å². The van der Waals surface area contributed by atoms with Crippen molar-refractivity contribution < 1.29 is 13.7 Å². The Hall–Kier alpha value is -2.85. The Balaban J connectivity index is 1.76. The molecule has 10 heteroatoms. The van der Waals surface area contributed by atoms with Crippen LogP contribution in [0.5, 0.6) is 0 Å². The van der Waals surface area contributed by atoms with E-state index in [0.29, 0.717) is 31.2 Å². The van der Waals surface area contributed by atoms with Crippen molar-refractivity contribution in [3.63, 3.8) is 0 Å². The molecule has 0 spiro atoms. The normalized spacial score (nSPS) is 15.6. The Morgan fingerprint density at radius 2 is 2.12 bits per heavy atom. The van der Waals surface area contributed by atoms with Crippen molar-refractivity contribution in [1.82, 2.24) is 15.0 Å². The number of aromatic nitrogens is 2. The quantitative estimate of drug-likeness (QED) is 0.452. The molecule has 1 aliphatic heterocycles. The van der Waals surface area contributed by atoms with Gasteiger partial charge in [-0.1, -0.05) is 11.2 Å². The lowest BCUT2D eigenvalue weighted by Crippen LogP contribution is -2.35. The number of nitrogens with two attached hydrogens (primary N) is 2. The molecule has 4 N–H and O–H groups in total. The van der Waals surface area contributed by atoms with Crippen LogP contribution in [0.2, 0.25) is 0 Å². The fraction of sp³-hybridized carbons (Fsp3) is 0.333. The average Bonchev–Trinajstić information content (AvgIpc) is 3.05. The molecule has 3 rings (SSSR count). The van der Waals surface area contributed by atoms with Gasteiger partial charge in [-0.15, -0.1) is 5.10 Å². The predicted octanol–water partition coefficient (Wildman–Crippen LogP) is 0.315. The third kappa shape index (κ3) is 4.58. The van der Waals surface area contributed by atoms with E-state index in [-0.39, 0.29) is 17.3 Å². The van der Waals surface area contributed by atoms with E-state index in [9.17, 15) is 4.39 Å². The maximum atomic E-state index is 14.1. The highest BCUT2D eigenvalue weighted by Gasteiger charge is 2.17. The first-order valence-corrected chi connectivity index (χ1v) is 7.66. The lowest BCUT2D eigenvalue weighted by atomic mass is 10.1. The summed E-state index contributed by atoms with van der Waals surface area (Å²) in [5, 5.41) is 11.1. The highest BCUT2D eigenvalue weighted by molar-refractivity contribution is 5.83. The first-order chi connectivity index (χ1) is 12.1. The molecular weight excluding hydrogens is 329 g/mol. The fourth-order valence-electron chi connectivity index (χ4n) is 2.34. The molecule has 1 saturated heterocycles. The van der Waals surface area contributed by atoms with Crippen LogP contribution in [-0.4, -0.2) is 53.5 Å². The Morgan fingerprint density at radius 3 is 2.88 bits per heavy atom. The summed E-state index contributed by atoms with van der Waals surface area (Å²) in [6.45, 7) is 3.44. The van der Waals surface area contributed by atoms with Crippen LogP contribution in [0, 0.1) is 5.82 Å². The van der Waals surface area contributed by atoms with Gasteiger partial charge in [0.15, 0.2) is 0 Å². The van der Waals surface area contributed by atoms with E-state index in [1.165, 1.54) is 12.3 Å². The minimum absolute atomic E-state index is 0.162. The molecule has 1 aromatic heterocycles. The zero-order valence-corrected chi connectivity index (χ0v) is 13.4. The number of benzene rings is 1. The molecular formula is C15H18FN7O2. The number of halogens is 1. The fourth-order valence-corrected chi connectivity index (χ4v) is 2.34. The summed E-state index contributed by atoms with van der Waals surface area (Å²) in [5.41, 5.74) is 11.2. The summed E-state index contributed by atoms with van der Waals surface area (Å²) < 4.78 is 24.6. The summed E-state index contributed by atoms with van der Waals surface area (Å²) in [4.78, 5) is 6.41. The molecule has 0 amide bonds. The number of nitrogens with zero attached hydrogens (tertiary/aromatic N) is 5. The second-order valence-electron chi connectivity index (χ2n) is 5.41. The first kappa shape index (κ1) is 17.0. The third-order valence-corrected chi connectivity index (χ3v) is 3.54. The number of rotatable bonds is 5. The van der Waals surface area contributed by atoms with Crippen LogP contribution >= 0.6 is 0 Å². The summed E-state index contributed by atoms with van der Waals surface area (Å²) in [5.74, 6) is -0.0176. The molecule has 9 nitrogen and oxygen atoms in total. The van der Waals surface area contributed by atoms with Gasteiger partial charge in [0.2, 0.25) is 17.7 Å². The number of morpholine rings is 1. The summed E-state index contributed by atoms with van der Waals surface area (Å²) in [7, 11) is 0. The molecule has 0 saturated carbocycles. The van der Waals surface area contributed by atoms with Crippen molar-refractivity contribution in [3.05, 3.63) is 35.5 Å². The zero-order chi connectivity index (χ0) is 17.6. The van der Waals surface area contributed by atoms with Gasteiger partial charge < -0.3 is 20.7 Å². The van der Waals surface area contributed by atoms with E-state index in [2.05, 4.69) is 25.2 Å². The minimum atomic E-state index is -0.460. The van der Waals surface area contributed by atoms with E-state index in [1.54, 1.807) is 12.1 Å². The van der Waals surface area contributed by atoms with Crippen LogP contribution in [0.1, 0.15) is 11.5 Å². The van der Waals surface area contributed by atoms with Crippen molar-refractivity contribution in [3.8, 4) is 11.4 Å². The third-order valence-electron chi connectivity index (χ3n) is 3.54. The second-order valence-corrected chi connectivity index (χ2v) is 5.41. The van der Waals surface area contributed by atoms with Crippen LogP contribution in [-0.2, 0) is 11.3 Å². The van der Waals surface area contributed by atoms with Crippen LogP contribution < -0.4 is 11.5 Å². The molecule has 0 aliphatic carbocycles. The van der Waals surface area contributed by atoms with Gasteiger partial charge in [0.25, 0.3) is 0 Å². The first-order valence-electron chi connectivity index (χ1n) is 7.66. The van der Waals surface area contributed by atoms with E-state index in [0.717, 1.165) is 13.1 Å². The van der Waals surface area contributed by atoms with Gasteiger partial charge in [0, 0.05) is 13.1 Å². The van der Waals surface area contributed by atoms with Crippen molar-refractivity contribution in [2.24, 2.45) is 21.7 Å². The maximum absolute atomic E-state index is 14.1. The maximum Gasteiger partial charge on any atom is 0.241 e. The number of hydrogen-bond donors (Lipinski definition) is 2. The highest BCUT2D eigenvalue weighted by atomic mass is 19.1. The largest absolute Gasteiger partial charge is 0.379 e. The predicted molar refractivity (Wildman–Crippen MR) is 89.2 cm³/mol. The highest BCUT2D eigenvalue weighted by Crippen LogP contribution is 2.21.